The number of imide groups is 2. The second kappa shape index (κ2) is 5.85. The van der Waals surface area contributed by atoms with Crippen LogP contribution in [0, 0.1) is 5.41 Å². The first-order valence-electron chi connectivity index (χ1n) is 7.97. The van der Waals surface area contributed by atoms with Crippen LogP contribution in [-0.2, 0) is 24.0 Å². The SMILES string of the molecule is O=C1C=CC(=O)N1CC1(C(=O)[O-])CCCCC1N1C(=O)CCC1=O. The highest BCUT2D eigenvalue weighted by atomic mass is 16.4. The Bertz CT molecular complexity index is 635. The molecule has 0 aromatic heterocycles. The highest BCUT2D eigenvalue weighted by molar-refractivity contribution is 6.13. The summed E-state index contributed by atoms with van der Waals surface area (Å²) in [4.78, 5) is 61.8. The molecule has 3 rings (SSSR count). The third kappa shape index (κ3) is 2.42. The molecule has 1 aliphatic carbocycles. The summed E-state index contributed by atoms with van der Waals surface area (Å²) >= 11 is 0. The molecule has 0 N–H and O–H groups in total. The second-order valence-electron chi connectivity index (χ2n) is 6.46. The fraction of sp³-hybridized carbons (Fsp3) is 0.562. The van der Waals surface area contributed by atoms with Gasteiger partial charge in [-0.15, -0.1) is 0 Å². The van der Waals surface area contributed by atoms with Gasteiger partial charge in [0, 0.05) is 37.0 Å². The van der Waals surface area contributed by atoms with Gasteiger partial charge in [-0.05, 0) is 12.8 Å². The quantitative estimate of drug-likeness (QED) is 0.593. The lowest BCUT2D eigenvalue weighted by Crippen LogP contribution is -2.63. The maximum atomic E-state index is 12.1. The molecule has 2 atom stereocenters. The van der Waals surface area contributed by atoms with Crippen molar-refractivity contribution in [1.82, 2.24) is 9.80 Å². The summed E-state index contributed by atoms with van der Waals surface area (Å²) in [7, 11) is 0. The summed E-state index contributed by atoms with van der Waals surface area (Å²) in [6.45, 7) is -0.387. The predicted octanol–water partition coefficient (Wildman–Crippen LogP) is -1.26. The second-order valence-corrected chi connectivity index (χ2v) is 6.46. The van der Waals surface area contributed by atoms with E-state index in [-0.39, 0.29) is 25.8 Å². The maximum Gasteiger partial charge on any atom is 0.253 e. The number of carbonyl (C=O) groups is 5. The normalized spacial score (nSPS) is 30.6. The van der Waals surface area contributed by atoms with Gasteiger partial charge in [-0.25, -0.2) is 0 Å². The van der Waals surface area contributed by atoms with E-state index < -0.39 is 41.1 Å². The highest BCUT2D eigenvalue weighted by Crippen LogP contribution is 2.42. The van der Waals surface area contributed by atoms with Crippen LogP contribution in [-0.4, -0.2) is 52.0 Å². The summed E-state index contributed by atoms with van der Waals surface area (Å²) in [6, 6.07) is -0.889. The third-order valence-corrected chi connectivity index (χ3v) is 5.14. The number of aliphatic carboxylic acids is 1. The zero-order valence-electron chi connectivity index (χ0n) is 13.0. The fourth-order valence-corrected chi connectivity index (χ4v) is 3.89. The fourth-order valence-electron chi connectivity index (χ4n) is 3.89. The Labute approximate surface area is 138 Å². The minimum atomic E-state index is -1.62. The Balaban J connectivity index is 1.97. The van der Waals surface area contributed by atoms with Crippen molar-refractivity contribution < 1.29 is 29.1 Å². The zero-order chi connectivity index (χ0) is 17.5. The van der Waals surface area contributed by atoms with Crippen molar-refractivity contribution in [3.05, 3.63) is 12.2 Å². The van der Waals surface area contributed by atoms with Gasteiger partial charge in [0.15, 0.2) is 0 Å². The Morgan fingerprint density at radius 3 is 2.21 bits per heavy atom. The number of carbonyl (C=O) groups excluding carboxylic acids is 5. The monoisotopic (exact) mass is 333 g/mol. The van der Waals surface area contributed by atoms with Gasteiger partial charge in [-0.3, -0.25) is 29.0 Å². The van der Waals surface area contributed by atoms with Crippen LogP contribution in [0.25, 0.3) is 0 Å². The summed E-state index contributed by atoms with van der Waals surface area (Å²) in [5.41, 5.74) is -1.62. The highest BCUT2D eigenvalue weighted by Gasteiger charge is 2.51. The number of rotatable bonds is 4. The summed E-state index contributed by atoms with van der Waals surface area (Å²) in [6.07, 6.45) is 3.97. The lowest BCUT2D eigenvalue weighted by molar-refractivity contribution is -0.323. The topological polar surface area (TPSA) is 115 Å². The Morgan fingerprint density at radius 2 is 1.67 bits per heavy atom. The smallest absolute Gasteiger partial charge is 0.253 e. The number of carboxylic acids is 1. The van der Waals surface area contributed by atoms with E-state index in [1.807, 2.05) is 0 Å². The molecule has 128 valence electrons. The molecular formula is C16H17N2O6-. The molecule has 0 spiro atoms. The van der Waals surface area contributed by atoms with E-state index in [9.17, 15) is 29.1 Å². The van der Waals surface area contributed by atoms with E-state index in [0.717, 1.165) is 22.0 Å². The first-order chi connectivity index (χ1) is 11.4. The van der Waals surface area contributed by atoms with Crippen molar-refractivity contribution in [2.75, 3.05) is 6.54 Å². The largest absolute Gasteiger partial charge is 0.549 e. The van der Waals surface area contributed by atoms with Gasteiger partial charge in [-0.2, -0.15) is 0 Å². The predicted molar refractivity (Wildman–Crippen MR) is 76.6 cm³/mol. The van der Waals surface area contributed by atoms with E-state index in [4.69, 9.17) is 0 Å². The van der Waals surface area contributed by atoms with Crippen molar-refractivity contribution >= 4 is 29.6 Å². The Morgan fingerprint density at radius 1 is 1.08 bits per heavy atom. The molecule has 0 bridgehead atoms. The van der Waals surface area contributed by atoms with Crippen LogP contribution in [0.2, 0.25) is 0 Å². The Hall–Kier alpha value is -2.51. The minimum absolute atomic E-state index is 0.0571. The standard InChI is InChI=1S/C16H18N2O6/c19-11-4-5-12(20)17(11)9-16(15(23)24)8-2-1-3-10(16)18-13(21)6-7-14(18)22/h4-5,10H,1-3,6-9H2,(H,23,24)/p-1. The van der Waals surface area contributed by atoms with E-state index in [1.165, 1.54) is 0 Å². The first-order valence-corrected chi connectivity index (χ1v) is 7.97. The van der Waals surface area contributed by atoms with Gasteiger partial charge in [-0.1, -0.05) is 12.8 Å². The zero-order valence-corrected chi connectivity index (χ0v) is 13.0. The maximum absolute atomic E-state index is 12.1. The average molecular weight is 333 g/mol. The molecule has 2 heterocycles. The van der Waals surface area contributed by atoms with Crippen LogP contribution >= 0.6 is 0 Å². The molecule has 0 aromatic rings. The Kier molecular flexibility index (Phi) is 3.98. The summed E-state index contributed by atoms with van der Waals surface area (Å²) in [5.74, 6) is -3.44. The van der Waals surface area contributed by atoms with Crippen LogP contribution in [0.15, 0.2) is 12.2 Å². The molecule has 4 amide bonds. The number of nitrogens with zero attached hydrogens (tertiary/aromatic N) is 2. The van der Waals surface area contributed by atoms with Crippen molar-refractivity contribution in [2.45, 2.75) is 44.6 Å². The molecule has 1 saturated heterocycles. The molecule has 2 aliphatic heterocycles. The molecule has 2 unspecified atom stereocenters. The number of carboxylic acid groups (broad SMARTS) is 1. The molecule has 2 fully saturated rings. The van der Waals surface area contributed by atoms with Crippen molar-refractivity contribution in [1.29, 1.82) is 0 Å². The number of amides is 4. The van der Waals surface area contributed by atoms with Crippen LogP contribution in [0.5, 0.6) is 0 Å². The van der Waals surface area contributed by atoms with Gasteiger partial charge in [0.25, 0.3) is 11.8 Å². The van der Waals surface area contributed by atoms with Crippen LogP contribution in [0.3, 0.4) is 0 Å². The number of likely N-dealkylation sites (tertiary alicyclic amines) is 1. The van der Waals surface area contributed by atoms with Gasteiger partial charge < -0.3 is 9.90 Å². The van der Waals surface area contributed by atoms with Crippen molar-refractivity contribution in [2.24, 2.45) is 5.41 Å². The van der Waals surface area contributed by atoms with E-state index in [0.29, 0.717) is 19.3 Å². The van der Waals surface area contributed by atoms with Crippen molar-refractivity contribution in [3.8, 4) is 0 Å². The third-order valence-electron chi connectivity index (χ3n) is 5.14. The van der Waals surface area contributed by atoms with Crippen LogP contribution in [0.1, 0.15) is 38.5 Å². The summed E-state index contributed by atoms with van der Waals surface area (Å²) < 4.78 is 0. The van der Waals surface area contributed by atoms with E-state index in [1.54, 1.807) is 0 Å². The van der Waals surface area contributed by atoms with Gasteiger partial charge in [0.05, 0.1) is 12.0 Å². The lowest BCUT2D eigenvalue weighted by atomic mass is 9.69. The molecule has 8 nitrogen and oxygen atoms in total. The number of hydrogen-bond acceptors (Lipinski definition) is 6. The lowest BCUT2D eigenvalue weighted by Gasteiger charge is -2.49. The summed E-state index contributed by atoms with van der Waals surface area (Å²) in [5, 5.41) is 12.0. The minimum Gasteiger partial charge on any atom is -0.549 e. The molecule has 0 aromatic carbocycles. The number of hydrogen-bond donors (Lipinski definition) is 0. The molecule has 1 saturated carbocycles. The van der Waals surface area contributed by atoms with Crippen LogP contribution < -0.4 is 5.11 Å². The average Bonchev–Trinajstić information content (AvgIpc) is 3.04. The molecular weight excluding hydrogens is 316 g/mol. The van der Waals surface area contributed by atoms with E-state index in [2.05, 4.69) is 0 Å². The molecule has 24 heavy (non-hydrogen) atoms. The first kappa shape index (κ1) is 16.4. The van der Waals surface area contributed by atoms with Crippen LogP contribution in [0.4, 0.5) is 0 Å². The molecule has 3 aliphatic rings. The molecule has 8 heteroatoms. The van der Waals surface area contributed by atoms with Gasteiger partial charge in [0.1, 0.15) is 0 Å². The van der Waals surface area contributed by atoms with Gasteiger partial charge in [0.2, 0.25) is 11.8 Å². The van der Waals surface area contributed by atoms with Crippen molar-refractivity contribution in [3.63, 3.8) is 0 Å². The molecule has 0 radical (unpaired) electrons. The van der Waals surface area contributed by atoms with Gasteiger partial charge >= 0.3 is 0 Å². The van der Waals surface area contributed by atoms with E-state index >= 15 is 0 Å².